The highest BCUT2D eigenvalue weighted by Crippen LogP contribution is 2.31. The van der Waals surface area contributed by atoms with E-state index in [1.54, 1.807) is 36.5 Å². The molecule has 4 aromatic rings. The number of furan rings is 1. The largest absolute Gasteiger partial charge is 0.493 e. The van der Waals surface area contributed by atoms with Gasteiger partial charge in [-0.15, -0.1) is 0 Å². The number of carbonyl (C=O) groups is 1. The average molecular weight is 478 g/mol. The van der Waals surface area contributed by atoms with Gasteiger partial charge in [0.05, 0.1) is 17.8 Å². The first-order chi connectivity index (χ1) is 16.5. The summed E-state index contributed by atoms with van der Waals surface area (Å²) in [5.41, 5.74) is 1.56. The van der Waals surface area contributed by atoms with Gasteiger partial charge in [-0.3, -0.25) is 4.99 Å². The molecule has 1 aromatic heterocycles. The van der Waals surface area contributed by atoms with Gasteiger partial charge < -0.3 is 23.7 Å². The minimum Gasteiger partial charge on any atom is -0.493 e. The number of methoxy groups -OCH3 is 1. The lowest BCUT2D eigenvalue weighted by molar-refractivity contribution is 0.0658. The molecule has 0 saturated carbocycles. The monoisotopic (exact) mass is 477 g/mol. The fourth-order valence-electron chi connectivity index (χ4n) is 3.01. The van der Waals surface area contributed by atoms with Crippen LogP contribution in [0.5, 0.6) is 23.0 Å². The predicted molar refractivity (Wildman–Crippen MR) is 128 cm³/mol. The van der Waals surface area contributed by atoms with E-state index in [1.165, 1.54) is 13.2 Å². The van der Waals surface area contributed by atoms with Crippen molar-refractivity contribution in [2.24, 2.45) is 4.99 Å². The molecule has 0 aliphatic rings. The summed E-state index contributed by atoms with van der Waals surface area (Å²) in [6.45, 7) is 0.0691. The summed E-state index contributed by atoms with van der Waals surface area (Å²) in [5.74, 6) is 1.38. The van der Waals surface area contributed by atoms with E-state index < -0.39 is 5.97 Å². The Labute approximate surface area is 200 Å². The van der Waals surface area contributed by atoms with Crippen molar-refractivity contribution in [1.82, 2.24) is 0 Å². The predicted octanol–water partition coefficient (Wildman–Crippen LogP) is 6.76. The van der Waals surface area contributed by atoms with Crippen LogP contribution in [0, 0.1) is 0 Å². The molecule has 8 heteroatoms. The average Bonchev–Trinajstić information content (AvgIpc) is 3.33. The second-order valence-electron chi connectivity index (χ2n) is 7.05. The summed E-state index contributed by atoms with van der Waals surface area (Å²) < 4.78 is 22.1. The van der Waals surface area contributed by atoms with E-state index in [0.717, 1.165) is 11.3 Å². The molecular formula is C26H20ClNO6. The topological polar surface area (TPSA) is 90.5 Å². The van der Waals surface area contributed by atoms with Crippen LogP contribution in [0.4, 0.5) is 5.69 Å². The Morgan fingerprint density at radius 3 is 2.50 bits per heavy atom. The van der Waals surface area contributed by atoms with E-state index >= 15 is 0 Å². The molecule has 0 amide bonds. The molecule has 0 aliphatic carbocycles. The lowest BCUT2D eigenvalue weighted by Crippen LogP contribution is -1.98. The summed E-state index contributed by atoms with van der Waals surface area (Å²) in [4.78, 5) is 15.4. The third-order valence-electron chi connectivity index (χ3n) is 4.69. The molecule has 3 aromatic carbocycles. The highest BCUT2D eigenvalue weighted by molar-refractivity contribution is 6.32. The Morgan fingerprint density at radius 2 is 1.79 bits per heavy atom. The normalized spacial score (nSPS) is 10.9. The number of hydrogen-bond acceptors (Lipinski definition) is 6. The lowest BCUT2D eigenvalue weighted by atomic mass is 10.2. The molecule has 172 valence electrons. The quantitative estimate of drug-likeness (QED) is 0.268. The van der Waals surface area contributed by atoms with Gasteiger partial charge in [-0.1, -0.05) is 23.7 Å². The van der Waals surface area contributed by atoms with Gasteiger partial charge in [0.1, 0.15) is 23.9 Å². The molecule has 1 heterocycles. The van der Waals surface area contributed by atoms with Crippen molar-refractivity contribution in [3.63, 3.8) is 0 Å². The Bertz CT molecular complexity index is 1310. The zero-order valence-corrected chi connectivity index (χ0v) is 18.9. The smallest absolute Gasteiger partial charge is 0.371 e. The van der Waals surface area contributed by atoms with E-state index in [9.17, 15) is 4.79 Å². The molecule has 0 aliphatic heterocycles. The molecule has 0 fully saturated rings. The van der Waals surface area contributed by atoms with Gasteiger partial charge in [-0.25, -0.2) is 4.79 Å². The number of halogens is 1. The van der Waals surface area contributed by atoms with Crippen LogP contribution in [-0.2, 0) is 6.61 Å². The third-order valence-corrected chi connectivity index (χ3v) is 5.01. The lowest BCUT2D eigenvalue weighted by Gasteiger charge is -2.10. The van der Waals surface area contributed by atoms with Crippen molar-refractivity contribution in [3.8, 4) is 23.0 Å². The maximum absolute atomic E-state index is 10.9. The van der Waals surface area contributed by atoms with Crippen molar-refractivity contribution in [2.75, 3.05) is 7.11 Å². The number of para-hydroxylation sites is 1. The van der Waals surface area contributed by atoms with Gasteiger partial charge in [0, 0.05) is 6.21 Å². The first-order valence-electron chi connectivity index (χ1n) is 10.2. The second kappa shape index (κ2) is 10.6. The van der Waals surface area contributed by atoms with Crippen LogP contribution < -0.4 is 14.2 Å². The molecule has 0 atom stereocenters. The molecule has 0 unspecified atom stereocenters. The maximum atomic E-state index is 10.9. The van der Waals surface area contributed by atoms with Crippen LogP contribution in [0.15, 0.2) is 88.3 Å². The van der Waals surface area contributed by atoms with Crippen LogP contribution in [0.3, 0.4) is 0 Å². The van der Waals surface area contributed by atoms with Crippen LogP contribution in [0.25, 0.3) is 0 Å². The third kappa shape index (κ3) is 5.76. The van der Waals surface area contributed by atoms with Gasteiger partial charge in [-0.2, -0.15) is 0 Å². The zero-order chi connectivity index (χ0) is 23.9. The number of hydrogen-bond donors (Lipinski definition) is 1. The number of aromatic carboxylic acids is 1. The van der Waals surface area contributed by atoms with Gasteiger partial charge >= 0.3 is 5.97 Å². The number of aliphatic imine (C=N–C) groups is 1. The summed E-state index contributed by atoms with van der Waals surface area (Å²) in [7, 11) is 1.54. The van der Waals surface area contributed by atoms with Crippen LogP contribution >= 0.6 is 11.6 Å². The van der Waals surface area contributed by atoms with Gasteiger partial charge in [-0.05, 0) is 72.3 Å². The van der Waals surface area contributed by atoms with Crippen molar-refractivity contribution >= 4 is 29.5 Å². The Balaban J connectivity index is 1.39. The summed E-state index contributed by atoms with van der Waals surface area (Å²) >= 11 is 6.13. The minimum absolute atomic E-state index is 0.0691. The number of nitrogens with zero attached hydrogens (tertiary/aromatic N) is 1. The first kappa shape index (κ1) is 22.9. The molecule has 7 nitrogen and oxygen atoms in total. The summed E-state index contributed by atoms with van der Waals surface area (Å²) in [6, 6.07) is 22.9. The van der Waals surface area contributed by atoms with Crippen molar-refractivity contribution in [2.45, 2.75) is 6.61 Å². The number of ether oxygens (including phenoxy) is 3. The molecule has 0 saturated heterocycles. The van der Waals surface area contributed by atoms with Crippen LogP contribution in [-0.4, -0.2) is 24.4 Å². The zero-order valence-electron chi connectivity index (χ0n) is 18.1. The van der Waals surface area contributed by atoms with Crippen LogP contribution in [0.2, 0.25) is 5.02 Å². The molecule has 34 heavy (non-hydrogen) atoms. The highest BCUT2D eigenvalue weighted by Gasteiger charge is 2.11. The van der Waals surface area contributed by atoms with Crippen LogP contribution in [0.1, 0.15) is 21.9 Å². The fourth-order valence-corrected chi connectivity index (χ4v) is 3.18. The SMILES string of the molecule is COc1cc(C=Nc2ccc(Oc3ccccc3Cl)cc2)ccc1OCc1ccc(C(=O)O)o1. The van der Waals surface area contributed by atoms with Gasteiger partial charge in [0.2, 0.25) is 5.76 Å². The molecule has 0 radical (unpaired) electrons. The van der Waals surface area contributed by atoms with Crippen molar-refractivity contribution < 1.29 is 28.5 Å². The first-order valence-corrected chi connectivity index (χ1v) is 10.6. The number of rotatable bonds is 9. The minimum atomic E-state index is -1.13. The number of carboxylic acids is 1. The van der Waals surface area contributed by atoms with Gasteiger partial charge in [0.25, 0.3) is 0 Å². The molecule has 0 spiro atoms. The van der Waals surface area contributed by atoms with E-state index in [-0.39, 0.29) is 12.4 Å². The number of carboxylic acid groups (broad SMARTS) is 1. The number of benzene rings is 3. The van der Waals surface area contributed by atoms with Crippen molar-refractivity contribution in [1.29, 1.82) is 0 Å². The van der Waals surface area contributed by atoms with Gasteiger partial charge in [0.15, 0.2) is 11.5 Å². The van der Waals surface area contributed by atoms with Crippen molar-refractivity contribution in [3.05, 3.63) is 101 Å². The second-order valence-corrected chi connectivity index (χ2v) is 7.46. The highest BCUT2D eigenvalue weighted by atomic mass is 35.5. The molecule has 1 N–H and O–H groups in total. The molecule has 0 bridgehead atoms. The Hall–Kier alpha value is -4.23. The standard InChI is InChI=1S/C26H20ClNO6/c1-31-25-14-17(6-12-23(25)32-16-20-11-13-24(34-20)26(29)30)15-28-18-7-9-19(10-8-18)33-22-5-3-2-4-21(22)27/h2-15H,16H2,1H3,(H,29,30). The maximum Gasteiger partial charge on any atom is 0.371 e. The molecule has 4 rings (SSSR count). The van der Waals surface area contributed by atoms with E-state index in [1.807, 2.05) is 42.5 Å². The Morgan fingerprint density at radius 1 is 1.00 bits per heavy atom. The molecular weight excluding hydrogens is 458 g/mol. The Kier molecular flexibility index (Phi) is 7.15. The van der Waals surface area contributed by atoms with E-state index in [4.69, 9.17) is 35.3 Å². The summed E-state index contributed by atoms with van der Waals surface area (Å²) in [5, 5.41) is 9.48. The van der Waals surface area contributed by atoms with E-state index in [2.05, 4.69) is 4.99 Å². The fraction of sp³-hybridized carbons (Fsp3) is 0.0769. The summed E-state index contributed by atoms with van der Waals surface area (Å²) in [6.07, 6.45) is 1.71. The van der Waals surface area contributed by atoms with E-state index in [0.29, 0.717) is 33.8 Å².